The summed E-state index contributed by atoms with van der Waals surface area (Å²) < 4.78 is 0. The average molecular weight is 170 g/mol. The molecule has 0 aromatic heterocycles. The molecule has 4 N–H and O–H groups in total. The van der Waals surface area contributed by atoms with Crippen LogP contribution in [0.2, 0.25) is 0 Å². The molecule has 0 spiro atoms. The van der Waals surface area contributed by atoms with E-state index < -0.39 is 0 Å². The summed E-state index contributed by atoms with van der Waals surface area (Å²) in [6.07, 6.45) is 5.33. The van der Waals surface area contributed by atoms with Crippen molar-refractivity contribution in [1.82, 2.24) is 0 Å². The van der Waals surface area contributed by atoms with E-state index in [-0.39, 0.29) is 12.1 Å². The Morgan fingerprint density at radius 3 is 2.92 bits per heavy atom. The maximum absolute atomic E-state index is 7.67. The normalized spacial score (nSPS) is 32.8. The van der Waals surface area contributed by atoms with Crippen LogP contribution in [0, 0.1) is 5.92 Å². The van der Waals surface area contributed by atoms with Crippen molar-refractivity contribution in [1.29, 1.82) is 0 Å². The van der Waals surface area contributed by atoms with E-state index in [1.807, 2.05) is 6.92 Å². The van der Waals surface area contributed by atoms with Crippen LogP contribution in [0.25, 0.3) is 0 Å². The second kappa shape index (κ2) is 4.06. The van der Waals surface area contributed by atoms with E-state index in [1.165, 1.54) is 5.57 Å². The molecule has 0 bridgehead atoms. The molecule has 0 radical (unpaired) electrons. The Morgan fingerprint density at radius 2 is 2.42 bits per heavy atom. The van der Waals surface area contributed by atoms with Gasteiger partial charge in [-0.1, -0.05) is 18.6 Å². The molecular formula is C10H20NO+. The summed E-state index contributed by atoms with van der Waals surface area (Å²) in [5.41, 5.74) is 7.17. The Morgan fingerprint density at radius 1 is 1.75 bits per heavy atom. The fraction of sp³-hybridized carbons (Fsp3) is 0.800. The highest BCUT2D eigenvalue weighted by molar-refractivity contribution is 5.09. The maximum atomic E-state index is 7.67. The molecule has 0 amide bonds. The maximum Gasteiger partial charge on any atom is 0.160 e. The molecule has 3 atom stereocenters. The minimum Gasteiger partial charge on any atom is -0.443 e. The molecule has 0 saturated heterocycles. The predicted molar refractivity (Wildman–Crippen MR) is 52.1 cm³/mol. The lowest BCUT2D eigenvalue weighted by atomic mass is 9.85. The van der Waals surface area contributed by atoms with Gasteiger partial charge >= 0.3 is 0 Å². The zero-order valence-electron chi connectivity index (χ0n) is 8.01. The van der Waals surface area contributed by atoms with Crippen LogP contribution < -0.4 is 5.73 Å². The monoisotopic (exact) mass is 170 g/mol. The van der Waals surface area contributed by atoms with E-state index in [0.717, 1.165) is 19.3 Å². The van der Waals surface area contributed by atoms with E-state index in [4.69, 9.17) is 10.8 Å². The fourth-order valence-corrected chi connectivity index (χ4v) is 1.75. The Kier molecular flexibility index (Phi) is 3.29. The van der Waals surface area contributed by atoms with Crippen LogP contribution in [0.5, 0.6) is 0 Å². The van der Waals surface area contributed by atoms with Crippen LogP contribution in [0.3, 0.4) is 0 Å². The van der Waals surface area contributed by atoms with Gasteiger partial charge in [0.15, 0.2) is 6.10 Å². The van der Waals surface area contributed by atoms with Gasteiger partial charge in [-0.15, -0.1) is 0 Å². The summed E-state index contributed by atoms with van der Waals surface area (Å²) in [6, 6.07) is 0.269. The second-order valence-electron chi connectivity index (χ2n) is 4.07. The van der Waals surface area contributed by atoms with Crippen LogP contribution in [0.15, 0.2) is 11.6 Å². The summed E-state index contributed by atoms with van der Waals surface area (Å²) in [5, 5.41) is 7.67. The third kappa shape index (κ3) is 2.61. The quantitative estimate of drug-likeness (QED) is 0.491. The molecule has 70 valence electrons. The van der Waals surface area contributed by atoms with Crippen molar-refractivity contribution in [2.45, 2.75) is 45.3 Å². The van der Waals surface area contributed by atoms with E-state index >= 15 is 0 Å². The first-order valence-electron chi connectivity index (χ1n) is 4.74. The molecule has 0 aliphatic heterocycles. The van der Waals surface area contributed by atoms with Crippen molar-refractivity contribution in [3.05, 3.63) is 11.6 Å². The standard InChI is InChI=1S/C10H19NO/c1-7-5-9(6-8(2)11)3-4-10(7)12/h3,7-8,10,12H,4-6,11H2,1-2H3/p+1. The number of rotatable bonds is 2. The molecule has 0 saturated carbocycles. The first-order chi connectivity index (χ1) is 5.59. The lowest BCUT2D eigenvalue weighted by Crippen LogP contribution is -2.24. The van der Waals surface area contributed by atoms with Gasteiger partial charge in [0.1, 0.15) is 0 Å². The van der Waals surface area contributed by atoms with Crippen molar-refractivity contribution in [2.75, 3.05) is 0 Å². The van der Waals surface area contributed by atoms with Crippen molar-refractivity contribution in [3.63, 3.8) is 0 Å². The highest BCUT2D eigenvalue weighted by Gasteiger charge is 2.23. The third-order valence-corrected chi connectivity index (χ3v) is 2.52. The Labute approximate surface area is 74.5 Å². The highest BCUT2D eigenvalue weighted by atomic mass is 16.3. The second-order valence-corrected chi connectivity index (χ2v) is 4.07. The Bertz CT molecular complexity index is 175. The van der Waals surface area contributed by atoms with E-state index in [0.29, 0.717) is 5.92 Å². The van der Waals surface area contributed by atoms with Gasteiger partial charge < -0.3 is 10.8 Å². The number of hydrogen-bond donors (Lipinski definition) is 1. The highest BCUT2D eigenvalue weighted by Crippen LogP contribution is 2.26. The average Bonchev–Trinajstić information content (AvgIpc) is 1.96. The van der Waals surface area contributed by atoms with Gasteiger partial charge in [-0.3, -0.25) is 0 Å². The number of nitrogens with two attached hydrogens (primary N) is 1. The predicted octanol–water partition coefficient (Wildman–Crippen LogP) is 1.17. The molecule has 2 heteroatoms. The summed E-state index contributed by atoms with van der Waals surface area (Å²) in [6.45, 7) is 4.20. The molecule has 1 aliphatic rings. The zero-order valence-corrected chi connectivity index (χ0v) is 8.01. The van der Waals surface area contributed by atoms with Crippen molar-refractivity contribution in [2.24, 2.45) is 11.7 Å². The van der Waals surface area contributed by atoms with Crippen molar-refractivity contribution < 1.29 is 5.11 Å². The largest absolute Gasteiger partial charge is 0.443 e. The summed E-state index contributed by atoms with van der Waals surface area (Å²) in [4.78, 5) is 0. The van der Waals surface area contributed by atoms with Crippen LogP contribution in [0.4, 0.5) is 0 Å². The smallest absolute Gasteiger partial charge is 0.160 e. The van der Waals surface area contributed by atoms with Gasteiger partial charge in [-0.05, 0) is 19.8 Å². The van der Waals surface area contributed by atoms with Gasteiger partial charge in [0, 0.05) is 18.4 Å². The molecular weight excluding hydrogens is 150 g/mol. The molecule has 0 aromatic rings. The number of hydrogen-bond acceptors (Lipinski definition) is 1. The molecule has 12 heavy (non-hydrogen) atoms. The molecule has 1 aliphatic carbocycles. The van der Waals surface area contributed by atoms with Gasteiger partial charge in [-0.2, -0.15) is 0 Å². The van der Waals surface area contributed by atoms with Gasteiger partial charge in [0.2, 0.25) is 0 Å². The SMILES string of the molecule is CC(N)CC1=CCC([OH2+])C(C)C1. The van der Waals surface area contributed by atoms with Crippen LogP contribution in [-0.2, 0) is 0 Å². The van der Waals surface area contributed by atoms with Gasteiger partial charge in [0.25, 0.3) is 0 Å². The Hall–Kier alpha value is -0.340. The third-order valence-electron chi connectivity index (χ3n) is 2.52. The van der Waals surface area contributed by atoms with Crippen molar-refractivity contribution in [3.8, 4) is 0 Å². The molecule has 0 fully saturated rings. The van der Waals surface area contributed by atoms with Gasteiger partial charge in [0.05, 0.1) is 0 Å². The fourth-order valence-electron chi connectivity index (χ4n) is 1.75. The van der Waals surface area contributed by atoms with Gasteiger partial charge in [-0.25, -0.2) is 0 Å². The summed E-state index contributed by atoms with van der Waals surface area (Å²) >= 11 is 0. The minimum atomic E-state index is 0.113. The molecule has 2 nitrogen and oxygen atoms in total. The van der Waals surface area contributed by atoms with Crippen molar-refractivity contribution >= 4 is 0 Å². The van der Waals surface area contributed by atoms with Crippen LogP contribution >= 0.6 is 0 Å². The molecule has 0 heterocycles. The zero-order chi connectivity index (χ0) is 9.14. The van der Waals surface area contributed by atoms with Crippen LogP contribution in [0.1, 0.15) is 33.1 Å². The van der Waals surface area contributed by atoms with E-state index in [1.54, 1.807) is 0 Å². The molecule has 1 rings (SSSR count). The topological polar surface area (TPSA) is 48.9 Å². The summed E-state index contributed by atoms with van der Waals surface area (Å²) in [5.74, 6) is 0.517. The van der Waals surface area contributed by atoms with E-state index in [9.17, 15) is 0 Å². The summed E-state index contributed by atoms with van der Waals surface area (Å²) in [7, 11) is 0. The van der Waals surface area contributed by atoms with Crippen LogP contribution in [-0.4, -0.2) is 17.3 Å². The Balaban J connectivity index is 2.46. The lowest BCUT2D eigenvalue weighted by molar-refractivity contribution is 0.112. The van der Waals surface area contributed by atoms with E-state index in [2.05, 4.69) is 13.0 Å². The first kappa shape index (κ1) is 9.75. The lowest BCUT2D eigenvalue weighted by Gasteiger charge is -2.22. The molecule has 3 unspecified atom stereocenters. The first-order valence-corrected chi connectivity index (χ1v) is 4.74. The minimum absolute atomic E-state index is 0.113. The molecule has 0 aromatic carbocycles.